The van der Waals surface area contributed by atoms with Crippen LogP contribution < -0.4 is 10.5 Å². The van der Waals surface area contributed by atoms with E-state index in [2.05, 4.69) is 29.0 Å². The van der Waals surface area contributed by atoms with Gasteiger partial charge < -0.3 is 20.5 Å². The molecule has 0 bridgehead atoms. The molecule has 0 radical (unpaired) electrons. The van der Waals surface area contributed by atoms with Gasteiger partial charge in [0.2, 0.25) is 11.8 Å². The first-order valence-electron chi connectivity index (χ1n) is 9.89. The van der Waals surface area contributed by atoms with Gasteiger partial charge in [-0.3, -0.25) is 4.79 Å². The van der Waals surface area contributed by atoms with Crippen molar-refractivity contribution < 1.29 is 14.6 Å². The Morgan fingerprint density at radius 3 is 2.72 bits per heavy atom. The SMILES string of the molecule is CN(C)C1CCC(Oc2ncnc3sc4cccc(C[C@H](O)C(N)=O)c4c23)CC1. The van der Waals surface area contributed by atoms with Crippen molar-refractivity contribution in [3.8, 4) is 5.88 Å². The summed E-state index contributed by atoms with van der Waals surface area (Å²) < 4.78 is 7.38. The molecule has 2 aromatic heterocycles. The van der Waals surface area contributed by atoms with Crippen LogP contribution in [0.5, 0.6) is 5.88 Å². The van der Waals surface area contributed by atoms with Crippen molar-refractivity contribution in [3.05, 3.63) is 30.1 Å². The second-order valence-electron chi connectivity index (χ2n) is 7.89. The minimum Gasteiger partial charge on any atom is -0.474 e. The third kappa shape index (κ3) is 4.05. The number of hydrogen-bond acceptors (Lipinski definition) is 7. The molecule has 1 atom stereocenters. The van der Waals surface area contributed by atoms with E-state index in [-0.39, 0.29) is 12.5 Å². The average Bonchev–Trinajstić information content (AvgIpc) is 3.09. The molecule has 8 heteroatoms. The van der Waals surface area contributed by atoms with Crippen molar-refractivity contribution in [2.24, 2.45) is 5.73 Å². The van der Waals surface area contributed by atoms with E-state index in [0.29, 0.717) is 11.9 Å². The van der Waals surface area contributed by atoms with Crippen LogP contribution in [-0.4, -0.2) is 58.2 Å². The lowest BCUT2D eigenvalue weighted by Gasteiger charge is -2.32. The van der Waals surface area contributed by atoms with E-state index in [1.54, 1.807) is 11.3 Å². The number of nitrogens with two attached hydrogens (primary N) is 1. The number of aliphatic hydroxyl groups is 1. The van der Waals surface area contributed by atoms with Gasteiger partial charge >= 0.3 is 0 Å². The number of rotatable bonds is 6. The summed E-state index contributed by atoms with van der Waals surface area (Å²) in [5.74, 6) is -0.150. The Labute approximate surface area is 173 Å². The maximum absolute atomic E-state index is 11.4. The van der Waals surface area contributed by atoms with Crippen LogP contribution in [0.3, 0.4) is 0 Å². The molecule has 154 valence electrons. The molecule has 1 fully saturated rings. The molecule has 1 saturated carbocycles. The molecule has 0 spiro atoms. The number of benzene rings is 1. The average molecular weight is 415 g/mol. The van der Waals surface area contributed by atoms with Crippen LogP contribution in [0.4, 0.5) is 0 Å². The van der Waals surface area contributed by atoms with Crippen LogP contribution in [0.15, 0.2) is 24.5 Å². The van der Waals surface area contributed by atoms with E-state index < -0.39 is 12.0 Å². The number of hydrogen-bond donors (Lipinski definition) is 2. The van der Waals surface area contributed by atoms with Gasteiger partial charge in [0.15, 0.2) is 0 Å². The maximum atomic E-state index is 11.4. The van der Waals surface area contributed by atoms with Gasteiger partial charge in [-0.15, -0.1) is 11.3 Å². The number of aromatic nitrogens is 2. The topological polar surface area (TPSA) is 102 Å². The molecule has 7 nitrogen and oxygen atoms in total. The summed E-state index contributed by atoms with van der Waals surface area (Å²) in [6.45, 7) is 0. The first-order valence-corrected chi connectivity index (χ1v) is 10.7. The smallest absolute Gasteiger partial charge is 0.246 e. The van der Waals surface area contributed by atoms with E-state index in [1.807, 2.05) is 18.2 Å². The molecule has 1 aromatic carbocycles. The standard InChI is InChI=1S/C21H26N4O3S/c1-25(2)13-6-8-14(9-7-13)28-20-18-17-12(10-15(26)19(22)27)4-3-5-16(17)29-21(18)24-11-23-20/h3-5,11,13-15,26H,6-10H2,1-2H3,(H2,22,27)/t13?,14?,15-/m0/s1. The van der Waals surface area contributed by atoms with Gasteiger partial charge in [0, 0.05) is 22.5 Å². The first kappa shape index (κ1) is 20.0. The fourth-order valence-corrected chi connectivity index (χ4v) is 5.18. The highest BCUT2D eigenvalue weighted by Crippen LogP contribution is 2.40. The monoisotopic (exact) mass is 414 g/mol. The minimum absolute atomic E-state index is 0.127. The Balaban J connectivity index is 1.69. The van der Waals surface area contributed by atoms with E-state index in [4.69, 9.17) is 10.5 Å². The van der Waals surface area contributed by atoms with E-state index in [1.165, 1.54) is 6.33 Å². The summed E-state index contributed by atoms with van der Waals surface area (Å²) in [5, 5.41) is 11.8. The number of aliphatic hydroxyl groups excluding tert-OH is 1. The van der Waals surface area contributed by atoms with Crippen molar-refractivity contribution in [1.29, 1.82) is 0 Å². The molecule has 1 aliphatic rings. The fraction of sp³-hybridized carbons (Fsp3) is 0.476. The highest BCUT2D eigenvalue weighted by atomic mass is 32.1. The molecule has 29 heavy (non-hydrogen) atoms. The molecular weight excluding hydrogens is 388 g/mol. The van der Waals surface area contributed by atoms with Crippen LogP contribution in [0.2, 0.25) is 0 Å². The number of carbonyl (C=O) groups excluding carboxylic acids is 1. The minimum atomic E-state index is -1.23. The van der Waals surface area contributed by atoms with Crippen LogP contribution in [-0.2, 0) is 11.2 Å². The summed E-state index contributed by atoms with van der Waals surface area (Å²) in [6, 6.07) is 6.43. The van der Waals surface area contributed by atoms with Gasteiger partial charge in [0.25, 0.3) is 0 Å². The van der Waals surface area contributed by atoms with Crippen LogP contribution in [0.25, 0.3) is 20.3 Å². The van der Waals surface area contributed by atoms with Gasteiger partial charge in [0.1, 0.15) is 23.4 Å². The second kappa shape index (κ2) is 8.22. The largest absolute Gasteiger partial charge is 0.474 e. The highest BCUT2D eigenvalue weighted by Gasteiger charge is 2.26. The van der Waals surface area contributed by atoms with Crippen LogP contribution in [0.1, 0.15) is 31.2 Å². The number of nitrogens with zero attached hydrogens (tertiary/aromatic N) is 3. The van der Waals surface area contributed by atoms with Crippen LogP contribution in [0, 0.1) is 0 Å². The van der Waals surface area contributed by atoms with Crippen LogP contribution >= 0.6 is 11.3 Å². The van der Waals surface area contributed by atoms with Crippen molar-refractivity contribution in [2.75, 3.05) is 14.1 Å². The van der Waals surface area contributed by atoms with Gasteiger partial charge in [-0.1, -0.05) is 12.1 Å². The Bertz CT molecular complexity index is 1030. The van der Waals surface area contributed by atoms with E-state index in [9.17, 15) is 9.90 Å². The second-order valence-corrected chi connectivity index (χ2v) is 8.92. The Kier molecular flexibility index (Phi) is 5.67. The lowest BCUT2D eigenvalue weighted by Crippen LogP contribution is -2.35. The Morgan fingerprint density at radius 2 is 2.03 bits per heavy atom. The fourth-order valence-electron chi connectivity index (χ4n) is 4.10. The summed E-state index contributed by atoms with van der Waals surface area (Å²) in [5.41, 5.74) is 6.11. The Morgan fingerprint density at radius 1 is 1.28 bits per heavy atom. The number of fused-ring (bicyclic) bond motifs is 3. The molecule has 0 aliphatic heterocycles. The summed E-state index contributed by atoms with van der Waals surface area (Å²) in [4.78, 5) is 23.4. The van der Waals surface area contributed by atoms with Crippen molar-refractivity contribution >= 4 is 37.5 Å². The van der Waals surface area contributed by atoms with Gasteiger partial charge in [0.05, 0.1) is 5.39 Å². The van der Waals surface area contributed by atoms with E-state index in [0.717, 1.165) is 51.5 Å². The first-order chi connectivity index (χ1) is 13.9. The zero-order valence-electron chi connectivity index (χ0n) is 16.7. The quantitative estimate of drug-likeness (QED) is 0.643. The predicted molar refractivity (Wildman–Crippen MR) is 114 cm³/mol. The molecule has 4 rings (SSSR count). The molecular formula is C21H26N4O3S. The molecule has 0 saturated heterocycles. The molecule has 3 N–H and O–H groups in total. The summed E-state index contributed by atoms with van der Waals surface area (Å²) in [6.07, 6.45) is 4.77. The van der Waals surface area contributed by atoms with Crippen molar-refractivity contribution in [3.63, 3.8) is 0 Å². The lowest BCUT2D eigenvalue weighted by atomic mass is 9.92. The molecule has 0 unspecified atom stereocenters. The van der Waals surface area contributed by atoms with Gasteiger partial charge in [-0.25, -0.2) is 9.97 Å². The number of primary amides is 1. The predicted octanol–water partition coefficient (Wildman–Crippen LogP) is 2.48. The molecule has 3 aromatic rings. The summed E-state index contributed by atoms with van der Waals surface area (Å²) in [7, 11) is 4.25. The molecule has 1 aliphatic carbocycles. The Hall–Kier alpha value is -2.29. The van der Waals surface area contributed by atoms with Crippen molar-refractivity contribution in [1.82, 2.24) is 14.9 Å². The highest BCUT2D eigenvalue weighted by molar-refractivity contribution is 7.25. The lowest BCUT2D eigenvalue weighted by molar-refractivity contribution is -0.125. The number of amides is 1. The number of thiophene rings is 1. The number of carbonyl (C=O) groups is 1. The third-order valence-electron chi connectivity index (χ3n) is 5.74. The van der Waals surface area contributed by atoms with E-state index >= 15 is 0 Å². The zero-order chi connectivity index (χ0) is 20.5. The number of ether oxygens (including phenoxy) is 1. The summed E-state index contributed by atoms with van der Waals surface area (Å²) >= 11 is 1.56. The molecule has 1 amide bonds. The van der Waals surface area contributed by atoms with Gasteiger partial charge in [-0.2, -0.15) is 0 Å². The van der Waals surface area contributed by atoms with Crippen molar-refractivity contribution in [2.45, 2.75) is 50.4 Å². The maximum Gasteiger partial charge on any atom is 0.246 e. The van der Waals surface area contributed by atoms with Gasteiger partial charge in [-0.05, 0) is 51.4 Å². The third-order valence-corrected chi connectivity index (χ3v) is 6.80. The normalized spacial score (nSPS) is 21.0. The zero-order valence-corrected chi connectivity index (χ0v) is 17.5. The molecule has 2 heterocycles.